The normalized spacial score (nSPS) is 11.3. The predicted octanol–water partition coefficient (Wildman–Crippen LogP) is -3.27. The van der Waals surface area contributed by atoms with Crippen LogP contribution in [0.1, 0.15) is 31.8 Å². The van der Waals surface area contributed by atoms with Crippen LogP contribution < -0.4 is 69.3 Å². The molecule has 29 heavy (non-hydrogen) atoms. The van der Waals surface area contributed by atoms with Crippen LogP contribution in [0.25, 0.3) is 11.1 Å². The molecule has 0 aliphatic rings. The van der Waals surface area contributed by atoms with Crippen LogP contribution in [0.5, 0.6) is 0 Å². The van der Waals surface area contributed by atoms with Crippen LogP contribution >= 0.6 is 22.6 Å². The number of carbonyl (C=O) groups is 2. The molecule has 0 N–H and O–H groups in total. The zero-order chi connectivity index (χ0) is 20.7. The Morgan fingerprint density at radius 3 is 1.28 bits per heavy atom. The van der Waals surface area contributed by atoms with Gasteiger partial charge in [0.05, 0.1) is 23.1 Å². The van der Waals surface area contributed by atoms with E-state index in [1.165, 1.54) is 22.6 Å². The Morgan fingerprint density at radius 1 is 0.690 bits per heavy atom. The number of aromatic carboxylic acids is 2. The quantitative estimate of drug-likeness (QED) is 0.229. The Kier molecular flexibility index (Phi) is 10.2. The van der Waals surface area contributed by atoms with E-state index >= 15 is 0 Å². The fourth-order valence-corrected chi connectivity index (χ4v) is 2.96. The van der Waals surface area contributed by atoms with Crippen LogP contribution in [0.3, 0.4) is 0 Å². The molecule has 0 aliphatic heterocycles. The van der Waals surface area contributed by atoms with Crippen molar-refractivity contribution in [1.29, 1.82) is 0 Å². The van der Waals surface area contributed by atoms with Gasteiger partial charge >= 0.3 is 71.5 Å². The molecule has 0 radical (unpaired) electrons. The number of carboxylic acid groups (broad SMARTS) is 2. The molecule has 144 valence electrons. The zero-order valence-electron chi connectivity index (χ0n) is 14.7. The van der Waals surface area contributed by atoms with Crippen molar-refractivity contribution >= 4 is 34.5 Å². The van der Waals surface area contributed by atoms with Crippen molar-refractivity contribution in [3.63, 3.8) is 0 Å². The van der Waals surface area contributed by atoms with E-state index in [0.29, 0.717) is 12.1 Å². The van der Waals surface area contributed by atoms with Gasteiger partial charge in [-0.3, -0.25) is 0 Å². The second-order valence-electron chi connectivity index (χ2n) is 5.25. The van der Waals surface area contributed by atoms with Gasteiger partial charge in [0.25, 0.3) is 0 Å². The van der Waals surface area contributed by atoms with E-state index in [9.17, 15) is 46.1 Å². The molecule has 0 spiro atoms. The number of hydrogen-bond donors (Lipinski definition) is 0. The molecule has 0 saturated heterocycles. The Labute approximate surface area is 217 Å². The molecule has 13 heteroatoms. The maximum atomic E-state index is 13.0. The summed E-state index contributed by atoms with van der Waals surface area (Å²) < 4.78 is 77.4. The molecule has 0 saturated carbocycles. The molecular formula is C16H5F6INa2O4. The van der Waals surface area contributed by atoms with Crippen molar-refractivity contribution in [2.75, 3.05) is 0 Å². The van der Waals surface area contributed by atoms with Gasteiger partial charge in [0.15, 0.2) is 0 Å². The van der Waals surface area contributed by atoms with Crippen LogP contribution in [-0.4, -0.2) is 11.9 Å². The van der Waals surface area contributed by atoms with Crippen molar-refractivity contribution in [1.82, 2.24) is 0 Å². The average Bonchev–Trinajstić information content (AvgIpc) is 2.52. The third-order valence-electron chi connectivity index (χ3n) is 3.43. The van der Waals surface area contributed by atoms with Crippen LogP contribution in [0.2, 0.25) is 0 Å². The van der Waals surface area contributed by atoms with Crippen LogP contribution in [0.15, 0.2) is 30.3 Å². The molecule has 0 amide bonds. The fraction of sp³-hybridized carbons (Fsp3) is 0.125. The standard InChI is InChI=1S/C16H7F6IO4.2Na/c17-15(18,19)8-1-6(2-9(5-8)16(20,21)22)7-3-10(13(24)25)12(23)11(4-7)14(26)27;;/h1-5H,(H,24,25)(H,26,27);;/q;2*+1/p-2. The van der Waals surface area contributed by atoms with E-state index in [1.807, 2.05) is 0 Å². The third kappa shape index (κ3) is 6.84. The summed E-state index contributed by atoms with van der Waals surface area (Å²) >= 11 is 1.34. The van der Waals surface area contributed by atoms with Gasteiger partial charge in [-0.25, -0.2) is 0 Å². The summed E-state index contributed by atoms with van der Waals surface area (Å²) in [7, 11) is 0. The first-order valence-corrected chi connectivity index (χ1v) is 7.85. The summed E-state index contributed by atoms with van der Waals surface area (Å²) in [5, 5.41) is 22.3. The van der Waals surface area contributed by atoms with Gasteiger partial charge in [0, 0.05) is 14.7 Å². The number of hydrogen-bond acceptors (Lipinski definition) is 4. The van der Waals surface area contributed by atoms with Gasteiger partial charge in [0.2, 0.25) is 0 Å². The van der Waals surface area contributed by atoms with Crippen molar-refractivity contribution in [2.45, 2.75) is 12.4 Å². The summed E-state index contributed by atoms with van der Waals surface area (Å²) in [5.74, 6) is -3.71. The average molecular weight is 548 g/mol. The third-order valence-corrected chi connectivity index (χ3v) is 4.60. The van der Waals surface area contributed by atoms with Crippen molar-refractivity contribution < 1.29 is 105 Å². The minimum atomic E-state index is -5.12. The van der Waals surface area contributed by atoms with E-state index in [0.717, 1.165) is 12.1 Å². The van der Waals surface area contributed by atoms with E-state index in [1.54, 1.807) is 0 Å². The second kappa shape index (κ2) is 10.3. The summed E-state index contributed by atoms with van der Waals surface area (Å²) in [6.07, 6.45) is -10.2. The Morgan fingerprint density at radius 2 is 1.00 bits per heavy atom. The monoisotopic (exact) mass is 548 g/mol. The SMILES string of the molecule is O=C([O-])c1cc(-c2cc(C(F)(F)F)cc(C(F)(F)F)c2)cc(C(=O)[O-])c1I.[Na+].[Na+]. The number of carboxylic acids is 2. The van der Waals surface area contributed by atoms with Gasteiger partial charge in [-0.15, -0.1) is 0 Å². The van der Waals surface area contributed by atoms with Gasteiger partial charge in [-0.05, 0) is 64.0 Å². The van der Waals surface area contributed by atoms with Crippen LogP contribution in [0.4, 0.5) is 26.3 Å². The topological polar surface area (TPSA) is 80.3 Å². The summed E-state index contributed by atoms with van der Waals surface area (Å²) in [6.45, 7) is 0. The Bertz CT molecular complexity index is 877. The molecule has 0 atom stereocenters. The molecule has 0 aliphatic carbocycles. The van der Waals surface area contributed by atoms with Gasteiger partial charge in [-0.2, -0.15) is 26.3 Å². The van der Waals surface area contributed by atoms with E-state index in [-0.39, 0.29) is 68.8 Å². The van der Waals surface area contributed by atoms with E-state index < -0.39 is 57.7 Å². The van der Waals surface area contributed by atoms with Gasteiger partial charge < -0.3 is 19.8 Å². The zero-order valence-corrected chi connectivity index (χ0v) is 20.8. The molecule has 4 nitrogen and oxygen atoms in total. The first kappa shape index (κ1) is 28.7. The predicted molar refractivity (Wildman–Crippen MR) is 83.3 cm³/mol. The van der Waals surface area contributed by atoms with Gasteiger partial charge in [0.1, 0.15) is 0 Å². The molecule has 0 aromatic heterocycles. The van der Waals surface area contributed by atoms with E-state index in [4.69, 9.17) is 0 Å². The molecular weight excluding hydrogens is 543 g/mol. The van der Waals surface area contributed by atoms with E-state index in [2.05, 4.69) is 0 Å². The summed E-state index contributed by atoms with van der Waals surface area (Å²) in [5.41, 5.74) is -5.83. The fourth-order valence-electron chi connectivity index (χ4n) is 2.21. The maximum Gasteiger partial charge on any atom is 1.00 e. The molecule has 2 rings (SSSR count). The summed E-state index contributed by atoms with van der Waals surface area (Å²) in [4.78, 5) is 22.3. The smallest absolute Gasteiger partial charge is 0.545 e. The van der Waals surface area contributed by atoms with Crippen molar-refractivity contribution in [3.05, 3.63) is 56.2 Å². The Hall–Kier alpha value is -0.310. The minimum Gasteiger partial charge on any atom is -0.545 e. The summed E-state index contributed by atoms with van der Waals surface area (Å²) in [6, 6.07) is 2.08. The Balaban J connectivity index is 0.00000392. The second-order valence-corrected chi connectivity index (χ2v) is 6.33. The number of benzene rings is 2. The maximum absolute atomic E-state index is 13.0. The number of rotatable bonds is 3. The van der Waals surface area contributed by atoms with Gasteiger partial charge in [-0.1, -0.05) is 0 Å². The number of carbonyl (C=O) groups excluding carboxylic acids is 2. The molecule has 2 aromatic rings. The number of halogens is 7. The van der Waals surface area contributed by atoms with Crippen molar-refractivity contribution in [3.8, 4) is 11.1 Å². The first-order chi connectivity index (χ1) is 12.2. The number of alkyl halides is 6. The first-order valence-electron chi connectivity index (χ1n) is 6.78. The molecule has 0 fully saturated rings. The largest absolute Gasteiger partial charge is 1.00 e. The molecule has 0 bridgehead atoms. The molecule has 2 aromatic carbocycles. The molecule has 0 unspecified atom stereocenters. The van der Waals surface area contributed by atoms with Crippen LogP contribution in [0, 0.1) is 3.57 Å². The minimum absolute atomic E-state index is 0. The van der Waals surface area contributed by atoms with Crippen LogP contribution in [-0.2, 0) is 12.4 Å². The molecule has 0 heterocycles. The van der Waals surface area contributed by atoms with Crippen molar-refractivity contribution in [2.24, 2.45) is 0 Å².